The Kier molecular flexibility index (Phi) is 8.38. The lowest BCUT2D eigenvalue weighted by atomic mass is 10.1. The van der Waals surface area contributed by atoms with Gasteiger partial charge in [0.1, 0.15) is 5.69 Å². The number of nitrogens with one attached hydrogen (secondary N) is 1. The van der Waals surface area contributed by atoms with Crippen LogP contribution in [0.5, 0.6) is 0 Å². The molecule has 1 rings (SSSR count). The fourth-order valence-electron chi connectivity index (χ4n) is 2.12. The Balaban J connectivity index is 2.28. The van der Waals surface area contributed by atoms with Gasteiger partial charge in [-0.1, -0.05) is 39.0 Å². The van der Waals surface area contributed by atoms with Gasteiger partial charge < -0.3 is 10.2 Å². The first-order valence-electron chi connectivity index (χ1n) is 7.50. The molecule has 21 heavy (non-hydrogen) atoms. The van der Waals surface area contributed by atoms with E-state index in [1.165, 1.54) is 38.2 Å². The van der Waals surface area contributed by atoms with Crippen LogP contribution in [0.15, 0.2) is 18.2 Å². The molecule has 6 heteroatoms. The van der Waals surface area contributed by atoms with Gasteiger partial charge in [0.15, 0.2) is 0 Å². The van der Waals surface area contributed by atoms with Gasteiger partial charge in [-0.25, -0.2) is 0 Å². The highest BCUT2D eigenvalue weighted by atomic mass is 16.6. The minimum Gasteiger partial charge on any atom is -0.377 e. The number of ether oxygens (including phenoxy) is 1. The van der Waals surface area contributed by atoms with Gasteiger partial charge in [-0.05, 0) is 24.1 Å². The fraction of sp³-hybridized carbons (Fsp3) is 0.600. The minimum atomic E-state index is -0.462. The molecule has 0 atom stereocenters. The first-order valence-corrected chi connectivity index (χ1v) is 7.50. The predicted octanol–water partition coefficient (Wildman–Crippen LogP) is 3.76. The number of nitrogens with zero attached hydrogens (tertiary/aromatic N) is 1. The van der Waals surface area contributed by atoms with Crippen LogP contribution < -0.4 is 11.3 Å². The van der Waals surface area contributed by atoms with Crippen molar-refractivity contribution in [2.75, 3.05) is 12.0 Å². The number of hydrogen-bond donors (Lipinski definition) is 2. The number of hydrazine groups is 1. The van der Waals surface area contributed by atoms with Crippen molar-refractivity contribution in [1.29, 1.82) is 0 Å². The molecule has 0 amide bonds. The molecule has 0 saturated heterocycles. The Bertz CT molecular complexity index is 438. The molecule has 1 aromatic rings. The van der Waals surface area contributed by atoms with Crippen LogP contribution in [0.2, 0.25) is 0 Å². The van der Waals surface area contributed by atoms with Crippen LogP contribution >= 0.6 is 0 Å². The summed E-state index contributed by atoms with van der Waals surface area (Å²) in [5, 5.41) is 10.8. The van der Waals surface area contributed by atoms with Gasteiger partial charge in [0.05, 0.1) is 11.5 Å². The summed E-state index contributed by atoms with van der Waals surface area (Å²) in [4.78, 5) is 10.3. The quantitative estimate of drug-likeness (QED) is 0.281. The summed E-state index contributed by atoms with van der Waals surface area (Å²) in [5.41, 5.74) is 3.50. The summed E-state index contributed by atoms with van der Waals surface area (Å²) in [6, 6.07) is 4.79. The van der Waals surface area contributed by atoms with Crippen LogP contribution in [-0.2, 0) is 11.3 Å². The average Bonchev–Trinajstić information content (AvgIpc) is 2.49. The second-order valence-corrected chi connectivity index (χ2v) is 5.07. The standard InChI is InChI=1S/C15H25N3O3/c1-2-3-4-5-6-7-10-21-12-13-8-9-15(18(19)20)14(11-13)17-16/h8-9,11,17H,2-7,10,12,16H2,1H3. The number of anilines is 1. The highest BCUT2D eigenvalue weighted by molar-refractivity contribution is 5.61. The van der Waals surface area contributed by atoms with Gasteiger partial charge in [-0.2, -0.15) is 0 Å². The summed E-state index contributed by atoms with van der Waals surface area (Å²) in [6.07, 6.45) is 7.36. The van der Waals surface area contributed by atoms with Crippen LogP contribution in [-0.4, -0.2) is 11.5 Å². The Morgan fingerprint density at radius 3 is 2.62 bits per heavy atom. The molecule has 0 bridgehead atoms. The molecule has 0 saturated carbocycles. The van der Waals surface area contributed by atoms with Gasteiger partial charge in [0, 0.05) is 12.7 Å². The molecule has 0 heterocycles. The number of hydrogen-bond acceptors (Lipinski definition) is 5. The topological polar surface area (TPSA) is 90.4 Å². The molecule has 6 nitrogen and oxygen atoms in total. The van der Waals surface area contributed by atoms with E-state index in [1.807, 2.05) is 0 Å². The summed E-state index contributed by atoms with van der Waals surface area (Å²) < 4.78 is 5.59. The Labute approximate surface area is 125 Å². The molecule has 0 spiro atoms. The van der Waals surface area contributed by atoms with E-state index in [4.69, 9.17) is 10.6 Å². The third-order valence-corrected chi connectivity index (χ3v) is 3.32. The second kappa shape index (κ2) is 10.1. The smallest absolute Gasteiger partial charge is 0.293 e. The van der Waals surface area contributed by atoms with Crippen LogP contribution in [0, 0.1) is 10.1 Å². The van der Waals surface area contributed by atoms with Crippen LogP contribution in [0.4, 0.5) is 11.4 Å². The SMILES string of the molecule is CCCCCCCCOCc1ccc([N+](=O)[O-])c(NN)c1. The van der Waals surface area contributed by atoms with E-state index >= 15 is 0 Å². The maximum Gasteiger partial charge on any atom is 0.293 e. The molecule has 0 aliphatic rings. The normalized spacial score (nSPS) is 10.6. The van der Waals surface area contributed by atoms with E-state index in [1.54, 1.807) is 12.1 Å². The molecule has 0 radical (unpaired) electrons. The van der Waals surface area contributed by atoms with Crippen molar-refractivity contribution in [3.8, 4) is 0 Å². The number of benzene rings is 1. The molecule has 0 aliphatic heterocycles. The lowest BCUT2D eigenvalue weighted by molar-refractivity contribution is -0.384. The lowest BCUT2D eigenvalue weighted by Gasteiger charge is -2.07. The minimum absolute atomic E-state index is 0.0304. The summed E-state index contributed by atoms with van der Waals surface area (Å²) in [6.45, 7) is 3.37. The number of rotatable bonds is 11. The molecule has 0 unspecified atom stereocenters. The number of nitro groups is 1. The summed E-state index contributed by atoms with van der Waals surface area (Å²) in [5.74, 6) is 5.30. The molecule has 3 N–H and O–H groups in total. The maximum atomic E-state index is 10.8. The zero-order valence-electron chi connectivity index (χ0n) is 12.6. The molecule has 1 aromatic carbocycles. The van der Waals surface area contributed by atoms with E-state index in [0.29, 0.717) is 18.9 Å². The van der Waals surface area contributed by atoms with E-state index < -0.39 is 4.92 Å². The fourth-order valence-corrected chi connectivity index (χ4v) is 2.12. The number of nitrogen functional groups attached to an aromatic ring is 1. The van der Waals surface area contributed by atoms with Gasteiger partial charge in [0.2, 0.25) is 0 Å². The van der Waals surface area contributed by atoms with E-state index in [0.717, 1.165) is 12.0 Å². The van der Waals surface area contributed by atoms with Crippen molar-refractivity contribution in [2.24, 2.45) is 5.84 Å². The van der Waals surface area contributed by atoms with Crippen molar-refractivity contribution in [2.45, 2.75) is 52.1 Å². The van der Waals surface area contributed by atoms with Gasteiger partial charge in [0.25, 0.3) is 5.69 Å². The van der Waals surface area contributed by atoms with Crippen molar-refractivity contribution in [1.82, 2.24) is 0 Å². The summed E-state index contributed by atoms with van der Waals surface area (Å²) >= 11 is 0. The zero-order chi connectivity index (χ0) is 15.5. The lowest BCUT2D eigenvalue weighted by Crippen LogP contribution is -2.09. The number of nitro benzene ring substituents is 1. The predicted molar refractivity (Wildman–Crippen MR) is 83.9 cm³/mol. The highest BCUT2D eigenvalue weighted by Crippen LogP contribution is 2.24. The Morgan fingerprint density at radius 2 is 1.95 bits per heavy atom. The van der Waals surface area contributed by atoms with Crippen molar-refractivity contribution in [3.05, 3.63) is 33.9 Å². The van der Waals surface area contributed by atoms with Crippen molar-refractivity contribution in [3.63, 3.8) is 0 Å². The first kappa shape index (κ1) is 17.4. The molecule has 0 aromatic heterocycles. The Hall–Kier alpha value is -1.66. The molecule has 0 fully saturated rings. The Morgan fingerprint density at radius 1 is 1.24 bits per heavy atom. The van der Waals surface area contributed by atoms with E-state index in [9.17, 15) is 10.1 Å². The van der Waals surface area contributed by atoms with Crippen molar-refractivity contribution >= 4 is 11.4 Å². The first-order chi connectivity index (χ1) is 10.2. The van der Waals surface area contributed by atoms with E-state index in [2.05, 4.69) is 12.3 Å². The van der Waals surface area contributed by atoms with E-state index in [-0.39, 0.29) is 5.69 Å². The van der Waals surface area contributed by atoms with Gasteiger partial charge in [-0.3, -0.25) is 16.0 Å². The average molecular weight is 295 g/mol. The highest BCUT2D eigenvalue weighted by Gasteiger charge is 2.12. The monoisotopic (exact) mass is 295 g/mol. The maximum absolute atomic E-state index is 10.8. The third-order valence-electron chi connectivity index (χ3n) is 3.32. The molecular formula is C15H25N3O3. The number of unbranched alkanes of at least 4 members (excludes halogenated alkanes) is 5. The molecule has 118 valence electrons. The van der Waals surface area contributed by atoms with Gasteiger partial charge in [-0.15, -0.1) is 0 Å². The van der Waals surface area contributed by atoms with Gasteiger partial charge >= 0.3 is 0 Å². The molecule has 0 aliphatic carbocycles. The van der Waals surface area contributed by atoms with Crippen LogP contribution in [0.1, 0.15) is 51.0 Å². The molecular weight excluding hydrogens is 270 g/mol. The second-order valence-electron chi connectivity index (χ2n) is 5.07. The van der Waals surface area contributed by atoms with Crippen LogP contribution in [0.3, 0.4) is 0 Å². The number of nitrogens with two attached hydrogens (primary N) is 1. The third kappa shape index (κ3) is 6.55. The van der Waals surface area contributed by atoms with Crippen molar-refractivity contribution < 1.29 is 9.66 Å². The largest absolute Gasteiger partial charge is 0.377 e. The van der Waals surface area contributed by atoms with Crippen LogP contribution in [0.25, 0.3) is 0 Å². The summed E-state index contributed by atoms with van der Waals surface area (Å²) in [7, 11) is 0. The zero-order valence-corrected chi connectivity index (χ0v) is 12.6.